The maximum absolute atomic E-state index is 13.8. The van der Waals surface area contributed by atoms with E-state index in [2.05, 4.69) is 29.7 Å². The van der Waals surface area contributed by atoms with Crippen molar-refractivity contribution in [3.8, 4) is 11.5 Å². The Morgan fingerprint density at radius 2 is 1.66 bits per heavy atom. The van der Waals surface area contributed by atoms with Crippen LogP contribution < -0.4 is 20.1 Å². The van der Waals surface area contributed by atoms with Crippen molar-refractivity contribution < 1.29 is 28.2 Å². The number of nitrogens with one attached hydrogen (secondary N) is 2. The molecule has 0 heterocycles. The van der Waals surface area contributed by atoms with Gasteiger partial charge in [-0.25, -0.2) is 8.78 Å². The fraction of sp³-hybridized carbons (Fsp3) is 0.345. The van der Waals surface area contributed by atoms with Crippen molar-refractivity contribution in [3.05, 3.63) is 89.0 Å². The van der Waals surface area contributed by atoms with E-state index in [1.54, 1.807) is 19.2 Å². The molecule has 6 nitrogen and oxygen atoms in total. The summed E-state index contributed by atoms with van der Waals surface area (Å²) in [5, 5.41) is 17.0. The molecule has 0 radical (unpaired) electrons. The van der Waals surface area contributed by atoms with Crippen molar-refractivity contribution in [2.24, 2.45) is 0 Å². The molecule has 3 aromatic carbocycles. The van der Waals surface area contributed by atoms with Gasteiger partial charge < -0.3 is 25.2 Å². The highest BCUT2D eigenvalue weighted by Gasteiger charge is 2.22. The summed E-state index contributed by atoms with van der Waals surface area (Å²) >= 11 is 1.30. The van der Waals surface area contributed by atoms with Crippen molar-refractivity contribution in [1.29, 1.82) is 0 Å². The van der Waals surface area contributed by atoms with Crippen molar-refractivity contribution in [2.75, 3.05) is 26.5 Å². The Morgan fingerprint density at radius 3 is 2.34 bits per heavy atom. The van der Waals surface area contributed by atoms with E-state index in [-0.39, 0.29) is 24.6 Å². The van der Waals surface area contributed by atoms with Crippen LogP contribution in [0.2, 0.25) is 0 Å². The van der Waals surface area contributed by atoms with Gasteiger partial charge in [-0.05, 0) is 59.9 Å². The standard InChI is InChI=1S/C29H34F2N2O4S/c1-4-19-6-5-7-20(10-19)16-32-17-26(34)25(13-21-11-22(30)14-23(31)12-21)33-29(35)18-38-24-8-9-27(36-2)28(15-24)37-3/h5-12,14-15,25-26,32,34H,4,13,16-18H2,1-3H3,(H,33,35)/t25-,26+/m0/s1. The Hall–Kier alpha value is -3.14. The van der Waals surface area contributed by atoms with Crippen LogP contribution in [0.15, 0.2) is 65.6 Å². The van der Waals surface area contributed by atoms with E-state index in [1.807, 2.05) is 18.2 Å². The predicted octanol–water partition coefficient (Wildman–Crippen LogP) is 4.51. The molecule has 0 aromatic heterocycles. The first-order valence-electron chi connectivity index (χ1n) is 12.4. The second-order valence-electron chi connectivity index (χ2n) is 8.83. The summed E-state index contributed by atoms with van der Waals surface area (Å²) in [5.41, 5.74) is 2.64. The molecule has 9 heteroatoms. The third-order valence-corrected chi connectivity index (χ3v) is 6.99. The van der Waals surface area contributed by atoms with Crippen LogP contribution >= 0.6 is 11.8 Å². The van der Waals surface area contributed by atoms with Gasteiger partial charge in [-0.2, -0.15) is 0 Å². The smallest absolute Gasteiger partial charge is 0.230 e. The molecule has 0 saturated heterocycles. The second-order valence-corrected chi connectivity index (χ2v) is 9.88. The fourth-order valence-electron chi connectivity index (χ4n) is 4.04. The van der Waals surface area contributed by atoms with Crippen molar-refractivity contribution >= 4 is 17.7 Å². The molecule has 0 bridgehead atoms. The molecular weight excluding hydrogens is 510 g/mol. The minimum atomic E-state index is -0.995. The summed E-state index contributed by atoms with van der Waals surface area (Å²) in [6.07, 6.45) is -0.00294. The van der Waals surface area contributed by atoms with Crippen LogP contribution in [0.25, 0.3) is 0 Å². The number of carbonyl (C=O) groups is 1. The zero-order valence-corrected chi connectivity index (χ0v) is 22.6. The topological polar surface area (TPSA) is 79.8 Å². The van der Waals surface area contributed by atoms with Gasteiger partial charge in [-0.15, -0.1) is 11.8 Å². The Bertz CT molecular complexity index is 1190. The second kappa shape index (κ2) is 14.7. The van der Waals surface area contributed by atoms with Crippen LogP contribution in [0.3, 0.4) is 0 Å². The molecular formula is C29H34F2N2O4S. The van der Waals surface area contributed by atoms with Crippen LogP contribution in [0.5, 0.6) is 11.5 Å². The van der Waals surface area contributed by atoms with E-state index in [1.165, 1.54) is 36.6 Å². The number of rotatable bonds is 14. The van der Waals surface area contributed by atoms with Crippen molar-refractivity contribution in [1.82, 2.24) is 10.6 Å². The highest BCUT2D eigenvalue weighted by atomic mass is 32.2. The number of hydrogen-bond donors (Lipinski definition) is 3. The summed E-state index contributed by atoms with van der Waals surface area (Å²) < 4.78 is 38.1. The van der Waals surface area contributed by atoms with Gasteiger partial charge in [-0.3, -0.25) is 4.79 Å². The van der Waals surface area contributed by atoms with Crippen LogP contribution in [0, 0.1) is 11.6 Å². The first-order chi connectivity index (χ1) is 18.3. The minimum Gasteiger partial charge on any atom is -0.493 e. The molecule has 0 aliphatic rings. The molecule has 1 amide bonds. The van der Waals surface area contributed by atoms with Crippen LogP contribution in [0.4, 0.5) is 8.78 Å². The Morgan fingerprint density at radius 1 is 0.947 bits per heavy atom. The van der Waals surface area contributed by atoms with Crippen LogP contribution in [-0.4, -0.2) is 49.7 Å². The van der Waals surface area contributed by atoms with E-state index in [0.717, 1.165) is 22.9 Å². The van der Waals surface area contributed by atoms with Gasteiger partial charge in [0.2, 0.25) is 5.91 Å². The first-order valence-corrected chi connectivity index (χ1v) is 13.4. The van der Waals surface area contributed by atoms with E-state index in [0.29, 0.717) is 23.6 Å². The third-order valence-electron chi connectivity index (χ3n) is 6.00. The summed E-state index contributed by atoms with van der Waals surface area (Å²) in [5.74, 6) is -0.528. The van der Waals surface area contributed by atoms with Gasteiger partial charge in [0.1, 0.15) is 11.6 Å². The number of ether oxygens (including phenoxy) is 2. The lowest BCUT2D eigenvalue weighted by atomic mass is 10.0. The molecule has 0 saturated carbocycles. The third kappa shape index (κ3) is 9.01. The molecule has 3 aromatic rings. The zero-order valence-electron chi connectivity index (χ0n) is 21.8. The van der Waals surface area contributed by atoms with E-state index < -0.39 is 23.8 Å². The molecule has 38 heavy (non-hydrogen) atoms. The molecule has 0 aliphatic heterocycles. The predicted molar refractivity (Wildman–Crippen MR) is 146 cm³/mol. The molecule has 0 unspecified atom stereocenters. The Balaban J connectivity index is 1.64. The summed E-state index contributed by atoms with van der Waals surface area (Å²) in [7, 11) is 3.08. The van der Waals surface area contributed by atoms with Gasteiger partial charge in [0.05, 0.1) is 32.1 Å². The van der Waals surface area contributed by atoms with E-state index in [9.17, 15) is 18.7 Å². The van der Waals surface area contributed by atoms with Crippen molar-refractivity contribution in [2.45, 2.75) is 43.4 Å². The molecule has 0 fully saturated rings. The summed E-state index contributed by atoms with van der Waals surface area (Å²) in [6, 6.07) is 15.9. The number of thioether (sulfide) groups is 1. The fourth-order valence-corrected chi connectivity index (χ4v) is 4.77. The number of carbonyl (C=O) groups excluding carboxylic acids is 1. The lowest BCUT2D eigenvalue weighted by Gasteiger charge is -2.25. The first kappa shape index (κ1) is 29.4. The Labute approximate surface area is 226 Å². The summed E-state index contributed by atoms with van der Waals surface area (Å²) in [6.45, 7) is 2.81. The molecule has 0 spiro atoms. The average Bonchev–Trinajstić information content (AvgIpc) is 2.90. The number of aliphatic hydroxyl groups is 1. The number of halogens is 2. The molecule has 2 atom stereocenters. The monoisotopic (exact) mass is 544 g/mol. The van der Waals surface area contributed by atoms with Crippen LogP contribution in [0.1, 0.15) is 23.6 Å². The van der Waals surface area contributed by atoms with E-state index >= 15 is 0 Å². The maximum atomic E-state index is 13.8. The average molecular weight is 545 g/mol. The number of methoxy groups -OCH3 is 2. The lowest BCUT2D eigenvalue weighted by Crippen LogP contribution is -2.49. The quantitative estimate of drug-likeness (QED) is 0.259. The highest BCUT2D eigenvalue weighted by Crippen LogP contribution is 2.31. The van der Waals surface area contributed by atoms with Crippen LogP contribution in [-0.2, 0) is 24.2 Å². The van der Waals surface area contributed by atoms with Gasteiger partial charge in [0, 0.05) is 24.1 Å². The highest BCUT2D eigenvalue weighted by molar-refractivity contribution is 8.00. The van der Waals surface area contributed by atoms with Gasteiger partial charge in [-0.1, -0.05) is 31.2 Å². The van der Waals surface area contributed by atoms with Gasteiger partial charge in [0.25, 0.3) is 0 Å². The van der Waals surface area contributed by atoms with Gasteiger partial charge in [0.15, 0.2) is 11.5 Å². The maximum Gasteiger partial charge on any atom is 0.230 e. The number of benzene rings is 3. The number of aliphatic hydroxyl groups excluding tert-OH is 1. The molecule has 204 valence electrons. The molecule has 3 N–H and O–H groups in total. The largest absolute Gasteiger partial charge is 0.493 e. The minimum absolute atomic E-state index is 0.0651. The normalized spacial score (nSPS) is 12.6. The molecule has 0 aliphatic carbocycles. The number of aryl methyl sites for hydroxylation is 1. The van der Waals surface area contributed by atoms with Gasteiger partial charge >= 0.3 is 0 Å². The summed E-state index contributed by atoms with van der Waals surface area (Å²) in [4.78, 5) is 13.6. The zero-order chi connectivity index (χ0) is 27.5. The number of amides is 1. The lowest BCUT2D eigenvalue weighted by molar-refractivity contribution is -0.120. The van der Waals surface area contributed by atoms with Crippen molar-refractivity contribution in [3.63, 3.8) is 0 Å². The SMILES string of the molecule is CCc1cccc(CNC[C@@H](O)[C@H](Cc2cc(F)cc(F)c2)NC(=O)CSc2ccc(OC)c(OC)c2)c1. The molecule has 3 rings (SSSR count). The Kier molecular flexibility index (Phi) is 11.4. The number of hydrogen-bond acceptors (Lipinski definition) is 6. The van der Waals surface area contributed by atoms with E-state index in [4.69, 9.17) is 9.47 Å².